The summed E-state index contributed by atoms with van der Waals surface area (Å²) in [5, 5.41) is 1.11. The zero-order valence-electron chi connectivity index (χ0n) is 12.2. The Morgan fingerprint density at radius 3 is 3.05 bits per heavy atom. The molecule has 0 amide bonds. The normalized spacial score (nSPS) is 12.9. The van der Waals surface area contributed by atoms with E-state index in [1.54, 1.807) is 18.9 Å². The first-order chi connectivity index (χ1) is 9.76. The van der Waals surface area contributed by atoms with Crippen LogP contribution in [0.25, 0.3) is 5.65 Å². The SMILES string of the molecule is CCC(N)Cc1c(SCCCOC)nc2ccccn12. The second-order valence-corrected chi connectivity index (χ2v) is 5.94. The van der Waals surface area contributed by atoms with Crippen LogP contribution in [0.1, 0.15) is 25.5 Å². The largest absolute Gasteiger partial charge is 0.385 e. The molecule has 20 heavy (non-hydrogen) atoms. The molecule has 2 rings (SSSR count). The third-order valence-corrected chi connectivity index (χ3v) is 4.40. The van der Waals surface area contributed by atoms with Crippen molar-refractivity contribution in [2.45, 2.75) is 37.3 Å². The van der Waals surface area contributed by atoms with Gasteiger partial charge in [0.05, 0.1) is 5.69 Å². The van der Waals surface area contributed by atoms with E-state index in [1.165, 1.54) is 5.69 Å². The van der Waals surface area contributed by atoms with Crippen LogP contribution in [0.4, 0.5) is 0 Å². The smallest absolute Gasteiger partial charge is 0.138 e. The Hall–Kier alpha value is -1.04. The number of nitrogens with two attached hydrogens (primary N) is 1. The lowest BCUT2D eigenvalue weighted by molar-refractivity contribution is 0.200. The highest BCUT2D eigenvalue weighted by Crippen LogP contribution is 2.25. The van der Waals surface area contributed by atoms with E-state index in [4.69, 9.17) is 15.5 Å². The molecule has 2 N–H and O–H groups in total. The summed E-state index contributed by atoms with van der Waals surface area (Å²) in [4.78, 5) is 4.73. The molecule has 0 aliphatic heterocycles. The molecule has 0 aromatic carbocycles. The van der Waals surface area contributed by atoms with Crippen LogP contribution in [0.5, 0.6) is 0 Å². The number of thioether (sulfide) groups is 1. The van der Waals surface area contributed by atoms with Crippen molar-refractivity contribution < 1.29 is 4.74 Å². The fourth-order valence-corrected chi connectivity index (χ4v) is 3.05. The zero-order chi connectivity index (χ0) is 14.4. The first-order valence-electron chi connectivity index (χ1n) is 7.09. The van der Waals surface area contributed by atoms with Crippen molar-refractivity contribution in [1.29, 1.82) is 0 Å². The predicted octanol–water partition coefficient (Wildman–Crippen LogP) is 2.74. The molecule has 0 aliphatic rings. The minimum Gasteiger partial charge on any atom is -0.385 e. The highest BCUT2D eigenvalue weighted by molar-refractivity contribution is 7.99. The number of methoxy groups -OCH3 is 1. The molecule has 0 spiro atoms. The van der Waals surface area contributed by atoms with E-state index in [0.29, 0.717) is 0 Å². The number of nitrogens with zero attached hydrogens (tertiary/aromatic N) is 2. The van der Waals surface area contributed by atoms with Crippen molar-refractivity contribution >= 4 is 17.4 Å². The van der Waals surface area contributed by atoms with Crippen LogP contribution in [-0.4, -0.2) is 34.9 Å². The summed E-state index contributed by atoms with van der Waals surface area (Å²) in [7, 11) is 1.74. The number of hydrogen-bond acceptors (Lipinski definition) is 4. The van der Waals surface area contributed by atoms with Gasteiger partial charge in [0.15, 0.2) is 0 Å². The molecule has 4 nitrogen and oxygen atoms in total. The molecule has 0 saturated carbocycles. The summed E-state index contributed by atoms with van der Waals surface area (Å²) >= 11 is 1.80. The molecule has 0 saturated heterocycles. The molecule has 1 atom stereocenters. The first kappa shape index (κ1) is 15.4. The standard InChI is InChI=1S/C15H23N3OS/c1-3-12(16)11-13-15(20-10-6-9-19-2)17-14-7-4-5-8-18(13)14/h4-5,7-8,12H,3,6,9-11,16H2,1-2H3. The highest BCUT2D eigenvalue weighted by atomic mass is 32.2. The Kier molecular flexibility index (Phi) is 5.88. The fourth-order valence-electron chi connectivity index (χ4n) is 2.09. The minimum absolute atomic E-state index is 0.188. The highest BCUT2D eigenvalue weighted by Gasteiger charge is 2.14. The predicted molar refractivity (Wildman–Crippen MR) is 84.4 cm³/mol. The molecular weight excluding hydrogens is 270 g/mol. The molecule has 0 aliphatic carbocycles. The van der Waals surface area contributed by atoms with Crippen LogP contribution in [0, 0.1) is 0 Å². The van der Waals surface area contributed by atoms with Gasteiger partial charge in [-0.1, -0.05) is 13.0 Å². The minimum atomic E-state index is 0.188. The third-order valence-electron chi connectivity index (χ3n) is 3.30. The molecule has 5 heteroatoms. The first-order valence-corrected chi connectivity index (χ1v) is 8.08. The maximum atomic E-state index is 6.13. The van der Waals surface area contributed by atoms with Gasteiger partial charge in [-0.15, -0.1) is 11.8 Å². The van der Waals surface area contributed by atoms with Gasteiger partial charge in [0.1, 0.15) is 10.7 Å². The number of pyridine rings is 1. The van der Waals surface area contributed by atoms with Gasteiger partial charge < -0.3 is 14.9 Å². The topological polar surface area (TPSA) is 52.5 Å². The van der Waals surface area contributed by atoms with Crippen molar-refractivity contribution in [2.75, 3.05) is 19.5 Å². The molecule has 2 aromatic rings. The summed E-state index contributed by atoms with van der Waals surface area (Å²) in [5.74, 6) is 1.02. The van der Waals surface area contributed by atoms with Crippen molar-refractivity contribution in [3.63, 3.8) is 0 Å². The quantitative estimate of drug-likeness (QED) is 0.600. The maximum Gasteiger partial charge on any atom is 0.138 e. The number of aromatic nitrogens is 2. The lowest BCUT2D eigenvalue weighted by atomic mass is 10.1. The van der Waals surface area contributed by atoms with Crippen LogP contribution in [0.3, 0.4) is 0 Å². The maximum absolute atomic E-state index is 6.13. The summed E-state index contributed by atoms with van der Waals surface area (Å²) in [6.07, 6.45) is 4.95. The van der Waals surface area contributed by atoms with Crippen LogP contribution < -0.4 is 5.73 Å². The molecular formula is C15H23N3OS. The molecule has 0 fully saturated rings. The molecule has 0 radical (unpaired) electrons. The molecule has 0 bridgehead atoms. The Morgan fingerprint density at radius 1 is 1.45 bits per heavy atom. The molecule has 2 heterocycles. The monoisotopic (exact) mass is 293 g/mol. The molecule has 110 valence electrons. The lowest BCUT2D eigenvalue weighted by Crippen LogP contribution is -2.22. The summed E-state index contributed by atoms with van der Waals surface area (Å²) < 4.78 is 7.25. The van der Waals surface area contributed by atoms with Crippen molar-refractivity contribution in [3.05, 3.63) is 30.1 Å². The Morgan fingerprint density at radius 2 is 2.30 bits per heavy atom. The van der Waals surface area contributed by atoms with Crippen LogP contribution in [0.2, 0.25) is 0 Å². The van der Waals surface area contributed by atoms with E-state index in [-0.39, 0.29) is 6.04 Å². The van der Waals surface area contributed by atoms with Gasteiger partial charge in [0, 0.05) is 38.1 Å². The van der Waals surface area contributed by atoms with E-state index < -0.39 is 0 Å². The Labute approximate surface area is 124 Å². The van der Waals surface area contributed by atoms with Gasteiger partial charge in [0.2, 0.25) is 0 Å². The van der Waals surface area contributed by atoms with E-state index in [2.05, 4.69) is 17.5 Å². The van der Waals surface area contributed by atoms with Crippen LogP contribution in [0.15, 0.2) is 29.4 Å². The van der Waals surface area contributed by atoms with Crippen LogP contribution in [-0.2, 0) is 11.2 Å². The summed E-state index contributed by atoms with van der Waals surface area (Å²) in [6.45, 7) is 2.92. The number of imidazole rings is 1. The lowest BCUT2D eigenvalue weighted by Gasteiger charge is -2.10. The third kappa shape index (κ3) is 3.75. The average molecular weight is 293 g/mol. The number of hydrogen-bond donors (Lipinski definition) is 1. The zero-order valence-corrected chi connectivity index (χ0v) is 13.0. The van der Waals surface area contributed by atoms with Gasteiger partial charge in [-0.25, -0.2) is 4.98 Å². The van der Waals surface area contributed by atoms with Gasteiger partial charge in [-0.3, -0.25) is 0 Å². The molecule has 1 unspecified atom stereocenters. The summed E-state index contributed by atoms with van der Waals surface area (Å²) in [6, 6.07) is 6.29. The van der Waals surface area contributed by atoms with E-state index >= 15 is 0 Å². The molecule has 2 aromatic heterocycles. The van der Waals surface area contributed by atoms with Gasteiger partial charge >= 0.3 is 0 Å². The number of ether oxygens (including phenoxy) is 1. The van der Waals surface area contributed by atoms with Crippen LogP contribution >= 0.6 is 11.8 Å². The Bertz CT molecular complexity index is 541. The van der Waals surface area contributed by atoms with Crippen molar-refractivity contribution in [1.82, 2.24) is 9.38 Å². The van der Waals surface area contributed by atoms with Gasteiger partial charge in [-0.2, -0.15) is 0 Å². The van der Waals surface area contributed by atoms with E-state index in [1.807, 2.05) is 18.2 Å². The second-order valence-electron chi connectivity index (χ2n) is 4.86. The average Bonchev–Trinajstić information content (AvgIpc) is 2.81. The second kappa shape index (κ2) is 7.67. The summed E-state index contributed by atoms with van der Waals surface area (Å²) in [5.41, 5.74) is 8.36. The number of rotatable bonds is 8. The van der Waals surface area contributed by atoms with Crippen molar-refractivity contribution in [3.8, 4) is 0 Å². The number of fused-ring (bicyclic) bond motifs is 1. The van der Waals surface area contributed by atoms with E-state index in [9.17, 15) is 0 Å². The van der Waals surface area contributed by atoms with Gasteiger partial charge in [-0.05, 0) is 25.0 Å². The Balaban J connectivity index is 2.19. The van der Waals surface area contributed by atoms with E-state index in [0.717, 1.165) is 42.3 Å². The van der Waals surface area contributed by atoms with Crippen molar-refractivity contribution in [2.24, 2.45) is 5.73 Å². The van der Waals surface area contributed by atoms with Gasteiger partial charge in [0.25, 0.3) is 0 Å². The fraction of sp³-hybridized carbons (Fsp3) is 0.533.